The van der Waals surface area contributed by atoms with E-state index in [4.69, 9.17) is 26.2 Å². The Labute approximate surface area is 140 Å². The summed E-state index contributed by atoms with van der Waals surface area (Å²) in [6.45, 7) is 0.0778. The summed E-state index contributed by atoms with van der Waals surface area (Å²) in [5.74, 6) is -1.00. The van der Waals surface area contributed by atoms with Gasteiger partial charge in [-0.1, -0.05) is 11.6 Å². The van der Waals surface area contributed by atoms with Crippen LogP contribution in [0.5, 0.6) is 5.75 Å². The Morgan fingerprint density at radius 1 is 1.43 bits per heavy atom. The zero-order valence-electron chi connectivity index (χ0n) is 11.5. The van der Waals surface area contributed by atoms with E-state index in [9.17, 15) is 9.59 Å². The van der Waals surface area contributed by atoms with Gasteiger partial charge in [0, 0.05) is 17.2 Å². The summed E-state index contributed by atoms with van der Waals surface area (Å²) in [5, 5.41) is 11.8. The van der Waals surface area contributed by atoms with Gasteiger partial charge >= 0.3 is 5.97 Å². The molecule has 1 aromatic carbocycles. The Kier molecular flexibility index (Phi) is 7.20. The number of benzene rings is 1. The predicted octanol–water partition coefficient (Wildman–Crippen LogP) is 2.17. The van der Waals surface area contributed by atoms with Crippen molar-refractivity contribution >= 4 is 46.1 Å². The zero-order chi connectivity index (χ0) is 16.0. The van der Waals surface area contributed by atoms with E-state index in [1.807, 2.05) is 22.6 Å². The summed E-state index contributed by atoms with van der Waals surface area (Å²) < 4.78 is 10.9. The maximum Gasteiger partial charge on any atom is 0.306 e. The van der Waals surface area contributed by atoms with Crippen molar-refractivity contribution in [2.24, 2.45) is 0 Å². The van der Waals surface area contributed by atoms with Gasteiger partial charge in [0.2, 0.25) is 0 Å². The van der Waals surface area contributed by atoms with Gasteiger partial charge in [-0.2, -0.15) is 0 Å². The second-order valence-corrected chi connectivity index (χ2v) is 5.70. The van der Waals surface area contributed by atoms with Crippen molar-refractivity contribution in [1.29, 1.82) is 0 Å². The third-order valence-electron chi connectivity index (χ3n) is 2.71. The molecule has 116 valence electrons. The maximum atomic E-state index is 12.1. The number of hydrogen-bond acceptors (Lipinski definition) is 4. The highest BCUT2D eigenvalue weighted by molar-refractivity contribution is 14.1. The highest BCUT2D eigenvalue weighted by Gasteiger charge is 2.18. The highest BCUT2D eigenvalue weighted by Crippen LogP contribution is 2.28. The van der Waals surface area contributed by atoms with Gasteiger partial charge in [-0.3, -0.25) is 9.59 Å². The van der Waals surface area contributed by atoms with E-state index in [1.54, 1.807) is 6.07 Å². The van der Waals surface area contributed by atoms with Crippen molar-refractivity contribution in [3.8, 4) is 5.75 Å². The largest absolute Gasteiger partial charge is 0.496 e. The lowest BCUT2D eigenvalue weighted by molar-refractivity contribution is -0.139. The van der Waals surface area contributed by atoms with E-state index in [1.165, 1.54) is 20.3 Å². The van der Waals surface area contributed by atoms with Crippen LogP contribution in [0.1, 0.15) is 16.8 Å². The standard InChI is InChI=1S/C13H15ClINO5/c1-20-7(3-12(17)18)6-16-13(19)8-4-9(14)10(15)5-11(8)21-2/h4-5,7H,3,6H2,1-2H3,(H,16,19)(H,17,18). The van der Waals surface area contributed by atoms with E-state index in [-0.39, 0.29) is 18.5 Å². The van der Waals surface area contributed by atoms with Crippen LogP contribution in [0.3, 0.4) is 0 Å². The van der Waals surface area contributed by atoms with Gasteiger partial charge in [0.05, 0.1) is 30.2 Å². The number of ether oxygens (including phenoxy) is 2. The molecule has 21 heavy (non-hydrogen) atoms. The average Bonchev–Trinajstić information content (AvgIpc) is 2.44. The minimum absolute atomic E-state index is 0.0778. The summed E-state index contributed by atoms with van der Waals surface area (Å²) in [4.78, 5) is 22.8. The smallest absolute Gasteiger partial charge is 0.306 e. The van der Waals surface area contributed by atoms with Gasteiger partial charge in [-0.25, -0.2) is 0 Å². The average molecular weight is 428 g/mol. The fourth-order valence-electron chi connectivity index (χ4n) is 1.61. The number of carboxylic acid groups (broad SMARTS) is 1. The van der Waals surface area contributed by atoms with E-state index in [2.05, 4.69) is 5.32 Å². The number of methoxy groups -OCH3 is 2. The summed E-state index contributed by atoms with van der Waals surface area (Å²) in [6.07, 6.45) is -0.793. The zero-order valence-corrected chi connectivity index (χ0v) is 14.4. The number of nitrogens with one attached hydrogen (secondary N) is 1. The van der Waals surface area contributed by atoms with E-state index >= 15 is 0 Å². The Hall–Kier alpha value is -1.06. The van der Waals surface area contributed by atoms with Crippen LogP contribution in [0.4, 0.5) is 0 Å². The molecule has 1 atom stereocenters. The number of rotatable bonds is 7. The number of aliphatic carboxylic acids is 1. The molecular formula is C13H15ClINO5. The Morgan fingerprint density at radius 2 is 2.10 bits per heavy atom. The van der Waals surface area contributed by atoms with Gasteiger partial charge in [0.25, 0.3) is 5.91 Å². The molecule has 0 aliphatic rings. The van der Waals surface area contributed by atoms with Crippen LogP contribution in [0.15, 0.2) is 12.1 Å². The second-order valence-electron chi connectivity index (χ2n) is 4.13. The van der Waals surface area contributed by atoms with Crippen molar-refractivity contribution in [2.45, 2.75) is 12.5 Å². The first-order chi connectivity index (χ1) is 9.88. The first kappa shape index (κ1) is 18.0. The molecule has 0 fully saturated rings. The number of hydrogen-bond donors (Lipinski definition) is 2. The summed E-state index contributed by atoms with van der Waals surface area (Å²) in [7, 11) is 2.85. The predicted molar refractivity (Wildman–Crippen MR) is 86.1 cm³/mol. The molecule has 1 rings (SSSR count). The van der Waals surface area contributed by atoms with Crippen LogP contribution in [0, 0.1) is 3.57 Å². The summed E-state index contributed by atoms with van der Waals surface area (Å²) >= 11 is 8.04. The molecule has 2 N–H and O–H groups in total. The number of carboxylic acids is 1. The molecule has 1 amide bonds. The molecule has 0 heterocycles. The summed E-state index contributed by atoms with van der Waals surface area (Å²) in [5.41, 5.74) is 0.285. The van der Waals surface area contributed by atoms with Crippen LogP contribution in [0.25, 0.3) is 0 Å². The van der Waals surface area contributed by atoms with Crippen molar-refractivity contribution in [3.05, 3.63) is 26.3 Å². The minimum Gasteiger partial charge on any atom is -0.496 e. The van der Waals surface area contributed by atoms with Crippen LogP contribution in [-0.2, 0) is 9.53 Å². The van der Waals surface area contributed by atoms with Crippen LogP contribution in [0.2, 0.25) is 5.02 Å². The van der Waals surface area contributed by atoms with E-state index in [0.29, 0.717) is 10.8 Å². The molecule has 8 heteroatoms. The molecular weight excluding hydrogens is 413 g/mol. The third kappa shape index (κ3) is 5.33. The quantitative estimate of drug-likeness (QED) is 0.652. The number of halogens is 2. The first-order valence-electron chi connectivity index (χ1n) is 5.94. The molecule has 0 saturated heterocycles. The van der Waals surface area contributed by atoms with Crippen LogP contribution >= 0.6 is 34.2 Å². The van der Waals surface area contributed by atoms with Gasteiger partial charge in [0.1, 0.15) is 5.75 Å². The molecule has 0 aliphatic heterocycles. The molecule has 0 aliphatic carbocycles. The number of amides is 1. The maximum absolute atomic E-state index is 12.1. The van der Waals surface area contributed by atoms with E-state index < -0.39 is 18.0 Å². The Balaban J connectivity index is 2.80. The number of carbonyl (C=O) groups is 2. The number of carbonyl (C=O) groups excluding carboxylic acids is 1. The second kappa shape index (κ2) is 8.40. The van der Waals surface area contributed by atoms with Crippen LogP contribution in [-0.4, -0.2) is 43.9 Å². The fraction of sp³-hybridized carbons (Fsp3) is 0.385. The highest BCUT2D eigenvalue weighted by atomic mass is 127. The lowest BCUT2D eigenvalue weighted by Gasteiger charge is -2.15. The SMILES string of the molecule is COc1cc(I)c(Cl)cc1C(=O)NCC(CC(=O)O)OC. The van der Waals surface area contributed by atoms with Crippen molar-refractivity contribution < 1.29 is 24.2 Å². The monoisotopic (exact) mass is 427 g/mol. The topological polar surface area (TPSA) is 84.9 Å². The van der Waals surface area contributed by atoms with Crippen LogP contribution < -0.4 is 10.1 Å². The molecule has 0 spiro atoms. The first-order valence-corrected chi connectivity index (χ1v) is 7.40. The molecule has 0 radical (unpaired) electrons. The third-order valence-corrected chi connectivity index (χ3v) is 4.24. The normalized spacial score (nSPS) is 11.8. The molecule has 1 aromatic rings. The van der Waals surface area contributed by atoms with Gasteiger partial charge in [-0.15, -0.1) is 0 Å². The lowest BCUT2D eigenvalue weighted by Crippen LogP contribution is -2.34. The van der Waals surface area contributed by atoms with Gasteiger partial charge in [-0.05, 0) is 34.7 Å². The fourth-order valence-corrected chi connectivity index (χ4v) is 2.21. The summed E-state index contributed by atoms with van der Waals surface area (Å²) in [6, 6.07) is 3.17. The Morgan fingerprint density at radius 3 is 2.62 bits per heavy atom. The molecule has 1 unspecified atom stereocenters. The van der Waals surface area contributed by atoms with Crippen molar-refractivity contribution in [3.63, 3.8) is 0 Å². The van der Waals surface area contributed by atoms with E-state index in [0.717, 1.165) is 3.57 Å². The minimum atomic E-state index is -0.994. The van der Waals surface area contributed by atoms with Gasteiger partial charge in [0.15, 0.2) is 0 Å². The molecule has 0 bridgehead atoms. The molecule has 6 nitrogen and oxygen atoms in total. The molecule has 0 aromatic heterocycles. The van der Waals surface area contributed by atoms with Crippen molar-refractivity contribution in [2.75, 3.05) is 20.8 Å². The van der Waals surface area contributed by atoms with Crippen molar-refractivity contribution in [1.82, 2.24) is 5.32 Å². The Bertz CT molecular complexity index is 538. The van der Waals surface area contributed by atoms with Gasteiger partial charge < -0.3 is 19.9 Å². The lowest BCUT2D eigenvalue weighted by atomic mass is 10.1. The molecule has 0 saturated carbocycles.